The smallest absolute Gasteiger partial charge is 0.308 e. The second-order valence-corrected chi connectivity index (χ2v) is 6.58. The number of hydrogen-bond donors (Lipinski definition) is 1. The lowest BCUT2D eigenvalue weighted by atomic mass is 9.94. The number of likely N-dealkylation sites (tertiary alicyclic amines) is 1. The normalized spacial score (nSPS) is 22.5. The minimum absolute atomic E-state index is 0.00355. The predicted octanol–water partition coefficient (Wildman–Crippen LogP) is 2.75. The van der Waals surface area contributed by atoms with Crippen molar-refractivity contribution in [1.82, 2.24) is 9.88 Å². The van der Waals surface area contributed by atoms with Crippen molar-refractivity contribution >= 4 is 17.3 Å². The van der Waals surface area contributed by atoms with Crippen molar-refractivity contribution in [2.75, 3.05) is 13.1 Å². The van der Waals surface area contributed by atoms with Gasteiger partial charge in [-0.1, -0.05) is 30.3 Å². The lowest BCUT2D eigenvalue weighted by molar-refractivity contribution is -0.141. The average molecular weight is 302 g/mol. The van der Waals surface area contributed by atoms with Crippen molar-refractivity contribution in [3.8, 4) is 0 Å². The van der Waals surface area contributed by atoms with Crippen molar-refractivity contribution in [2.24, 2.45) is 5.92 Å². The van der Waals surface area contributed by atoms with Gasteiger partial charge in [-0.25, -0.2) is 4.98 Å². The van der Waals surface area contributed by atoms with Crippen molar-refractivity contribution in [2.45, 2.75) is 19.4 Å². The first-order valence-corrected chi connectivity index (χ1v) is 7.92. The molecule has 0 aliphatic carbocycles. The second kappa shape index (κ2) is 5.95. The van der Waals surface area contributed by atoms with Crippen molar-refractivity contribution in [3.63, 3.8) is 0 Å². The summed E-state index contributed by atoms with van der Waals surface area (Å²) in [6, 6.07) is 10.2. The molecule has 2 heterocycles. The van der Waals surface area contributed by atoms with E-state index in [-0.39, 0.29) is 11.8 Å². The minimum Gasteiger partial charge on any atom is -0.481 e. The molecule has 3 rings (SSSR count). The van der Waals surface area contributed by atoms with Gasteiger partial charge in [-0.15, -0.1) is 11.3 Å². The average Bonchev–Trinajstić information content (AvgIpc) is 3.06. The zero-order valence-corrected chi connectivity index (χ0v) is 12.7. The number of carboxylic acid groups (broad SMARTS) is 1. The SMILES string of the molecule is Cc1nc(C2CN(Cc3ccccc3)CC2C(=O)O)cs1. The zero-order chi connectivity index (χ0) is 14.8. The highest BCUT2D eigenvalue weighted by Crippen LogP contribution is 2.34. The van der Waals surface area contributed by atoms with Crippen LogP contribution in [0.1, 0.15) is 22.2 Å². The van der Waals surface area contributed by atoms with E-state index in [2.05, 4.69) is 22.0 Å². The van der Waals surface area contributed by atoms with Gasteiger partial charge in [-0.2, -0.15) is 0 Å². The molecule has 0 radical (unpaired) electrons. The number of nitrogens with zero attached hydrogens (tertiary/aromatic N) is 2. The van der Waals surface area contributed by atoms with E-state index >= 15 is 0 Å². The summed E-state index contributed by atoms with van der Waals surface area (Å²) >= 11 is 1.59. The molecule has 21 heavy (non-hydrogen) atoms. The van der Waals surface area contributed by atoms with Gasteiger partial charge in [0.05, 0.1) is 16.6 Å². The van der Waals surface area contributed by atoms with Gasteiger partial charge in [0.2, 0.25) is 0 Å². The molecule has 1 saturated heterocycles. The van der Waals surface area contributed by atoms with Gasteiger partial charge in [0.1, 0.15) is 0 Å². The standard InChI is InChI=1S/C16H18N2O2S/c1-11-17-15(10-21-11)13-8-18(9-14(13)16(19)20)7-12-5-3-2-4-6-12/h2-6,10,13-14H,7-9H2,1H3,(H,19,20). The molecule has 1 aromatic carbocycles. The Morgan fingerprint density at radius 3 is 2.76 bits per heavy atom. The Labute approximate surface area is 128 Å². The fourth-order valence-corrected chi connectivity index (χ4v) is 3.63. The van der Waals surface area contributed by atoms with E-state index in [1.807, 2.05) is 30.5 Å². The Balaban J connectivity index is 1.76. The Kier molecular flexibility index (Phi) is 4.03. The summed E-state index contributed by atoms with van der Waals surface area (Å²) in [6.45, 7) is 4.10. The monoisotopic (exact) mass is 302 g/mol. The fourth-order valence-electron chi connectivity index (χ4n) is 2.96. The highest BCUT2D eigenvalue weighted by molar-refractivity contribution is 7.09. The first kappa shape index (κ1) is 14.2. The maximum absolute atomic E-state index is 11.5. The van der Waals surface area contributed by atoms with Gasteiger partial charge >= 0.3 is 5.97 Å². The van der Waals surface area contributed by atoms with Crippen LogP contribution in [0, 0.1) is 12.8 Å². The van der Waals surface area contributed by atoms with Crippen LogP contribution in [0.25, 0.3) is 0 Å². The molecule has 2 unspecified atom stereocenters. The van der Waals surface area contributed by atoms with Crippen LogP contribution in [-0.2, 0) is 11.3 Å². The number of aromatic nitrogens is 1. The van der Waals surface area contributed by atoms with Crippen molar-refractivity contribution in [3.05, 3.63) is 52.0 Å². The molecule has 1 fully saturated rings. The number of rotatable bonds is 4. The van der Waals surface area contributed by atoms with Crippen LogP contribution >= 0.6 is 11.3 Å². The summed E-state index contributed by atoms with van der Waals surface area (Å²) in [4.78, 5) is 18.3. The largest absolute Gasteiger partial charge is 0.481 e. The number of aryl methyl sites for hydroxylation is 1. The number of aliphatic carboxylic acids is 1. The summed E-state index contributed by atoms with van der Waals surface area (Å²) in [6.07, 6.45) is 0. The third-order valence-electron chi connectivity index (χ3n) is 3.98. The maximum atomic E-state index is 11.5. The van der Waals surface area contributed by atoms with Crippen LogP contribution < -0.4 is 0 Å². The Hall–Kier alpha value is -1.72. The summed E-state index contributed by atoms with van der Waals surface area (Å²) in [5.41, 5.74) is 2.15. The van der Waals surface area contributed by atoms with Crippen LogP contribution in [0.3, 0.4) is 0 Å². The fraction of sp³-hybridized carbons (Fsp3) is 0.375. The van der Waals surface area contributed by atoms with Crippen molar-refractivity contribution in [1.29, 1.82) is 0 Å². The van der Waals surface area contributed by atoms with Gasteiger partial charge in [-0.05, 0) is 12.5 Å². The molecule has 1 aromatic heterocycles. The number of carbonyl (C=O) groups is 1. The molecule has 5 heteroatoms. The first-order chi connectivity index (χ1) is 10.1. The quantitative estimate of drug-likeness (QED) is 0.943. The molecule has 0 bridgehead atoms. The highest BCUT2D eigenvalue weighted by Gasteiger charge is 2.39. The molecule has 0 amide bonds. The molecule has 4 nitrogen and oxygen atoms in total. The van der Waals surface area contributed by atoms with Gasteiger partial charge in [-0.3, -0.25) is 9.69 Å². The third kappa shape index (κ3) is 3.14. The van der Waals surface area contributed by atoms with Crippen LogP contribution in [-0.4, -0.2) is 34.0 Å². The van der Waals surface area contributed by atoms with E-state index in [1.54, 1.807) is 11.3 Å². The van der Waals surface area contributed by atoms with Crippen LogP contribution in [0.15, 0.2) is 35.7 Å². The third-order valence-corrected chi connectivity index (χ3v) is 4.77. The lowest BCUT2D eigenvalue weighted by Crippen LogP contribution is -2.23. The summed E-state index contributed by atoms with van der Waals surface area (Å²) in [5, 5.41) is 12.5. The molecule has 1 aliphatic heterocycles. The van der Waals surface area contributed by atoms with Crippen LogP contribution in [0.5, 0.6) is 0 Å². The molecule has 2 aromatic rings. The molecular weight excluding hydrogens is 284 g/mol. The van der Waals surface area contributed by atoms with Crippen LogP contribution in [0.4, 0.5) is 0 Å². The Morgan fingerprint density at radius 2 is 2.14 bits per heavy atom. The molecule has 110 valence electrons. The Bertz CT molecular complexity index is 626. The van der Waals surface area contributed by atoms with Gasteiger partial charge in [0.25, 0.3) is 0 Å². The second-order valence-electron chi connectivity index (χ2n) is 5.52. The number of thiazole rings is 1. The van der Waals surface area contributed by atoms with E-state index < -0.39 is 5.97 Å². The maximum Gasteiger partial charge on any atom is 0.308 e. The van der Waals surface area contributed by atoms with Gasteiger partial charge in [0.15, 0.2) is 0 Å². The van der Waals surface area contributed by atoms with E-state index in [0.29, 0.717) is 6.54 Å². The van der Waals surface area contributed by atoms with Gasteiger partial charge < -0.3 is 5.11 Å². The van der Waals surface area contributed by atoms with E-state index in [9.17, 15) is 9.90 Å². The molecular formula is C16H18N2O2S. The molecule has 1 N–H and O–H groups in total. The molecule has 1 aliphatic rings. The lowest BCUT2D eigenvalue weighted by Gasteiger charge is -2.15. The van der Waals surface area contributed by atoms with E-state index in [1.165, 1.54) is 5.56 Å². The number of carboxylic acids is 1. The summed E-state index contributed by atoms with van der Waals surface area (Å²) in [7, 11) is 0. The molecule has 0 spiro atoms. The molecule has 2 atom stereocenters. The summed E-state index contributed by atoms with van der Waals surface area (Å²) < 4.78 is 0. The molecule has 0 saturated carbocycles. The van der Waals surface area contributed by atoms with Gasteiger partial charge in [0, 0.05) is 30.9 Å². The highest BCUT2D eigenvalue weighted by atomic mass is 32.1. The van der Waals surface area contributed by atoms with E-state index in [4.69, 9.17) is 0 Å². The Morgan fingerprint density at radius 1 is 1.38 bits per heavy atom. The van der Waals surface area contributed by atoms with E-state index in [0.717, 1.165) is 23.8 Å². The first-order valence-electron chi connectivity index (χ1n) is 7.04. The topological polar surface area (TPSA) is 53.4 Å². The predicted molar refractivity (Wildman–Crippen MR) is 82.4 cm³/mol. The zero-order valence-electron chi connectivity index (χ0n) is 11.9. The number of hydrogen-bond acceptors (Lipinski definition) is 4. The number of benzene rings is 1. The minimum atomic E-state index is -0.721. The summed E-state index contributed by atoms with van der Waals surface area (Å²) in [5.74, 6) is -1.09. The van der Waals surface area contributed by atoms with Crippen molar-refractivity contribution < 1.29 is 9.90 Å². The van der Waals surface area contributed by atoms with Crippen LogP contribution in [0.2, 0.25) is 0 Å².